The summed E-state index contributed by atoms with van der Waals surface area (Å²) in [5.41, 5.74) is 0.831. The lowest BCUT2D eigenvalue weighted by Gasteiger charge is -1.98. The van der Waals surface area contributed by atoms with E-state index >= 15 is 0 Å². The summed E-state index contributed by atoms with van der Waals surface area (Å²) in [6, 6.07) is 7.15. The minimum Gasteiger partial charge on any atom is -0.220 e. The zero-order valence-electron chi connectivity index (χ0n) is 7.32. The van der Waals surface area contributed by atoms with Gasteiger partial charge in [-0.2, -0.15) is 5.21 Å². The summed E-state index contributed by atoms with van der Waals surface area (Å²) < 4.78 is 4.27. The van der Waals surface area contributed by atoms with Crippen molar-refractivity contribution in [2.75, 3.05) is 0 Å². The molecule has 0 aliphatic rings. The van der Waals surface area contributed by atoms with Crippen molar-refractivity contribution in [1.29, 1.82) is 0 Å². The molecule has 1 heterocycles. The molecule has 2 rings (SSSR count). The van der Waals surface area contributed by atoms with E-state index < -0.39 is 0 Å². The van der Waals surface area contributed by atoms with Gasteiger partial charge in [0.1, 0.15) is 0 Å². The van der Waals surface area contributed by atoms with Gasteiger partial charge < -0.3 is 0 Å². The number of benzene rings is 1. The van der Waals surface area contributed by atoms with Crippen LogP contribution in [-0.2, 0) is 9.37 Å². The summed E-state index contributed by atoms with van der Waals surface area (Å²) in [6.07, 6.45) is 0. The van der Waals surface area contributed by atoms with E-state index in [0.29, 0.717) is 5.82 Å². The summed E-state index contributed by atoms with van der Waals surface area (Å²) >= 11 is 0.890. The highest BCUT2D eigenvalue weighted by Gasteiger charge is 2.02. The molecule has 0 saturated carbocycles. The molecule has 2 N–H and O–H groups in total. The number of nitrogens with zero attached hydrogens (tertiary/aromatic N) is 3. The lowest BCUT2D eigenvalue weighted by molar-refractivity contribution is -0.432. The van der Waals surface area contributed by atoms with Crippen molar-refractivity contribution < 1.29 is 14.6 Å². The third-order valence-electron chi connectivity index (χ3n) is 1.62. The zero-order valence-corrected chi connectivity index (χ0v) is 8.14. The first-order chi connectivity index (χ1) is 7.40. The second kappa shape index (κ2) is 4.84. The van der Waals surface area contributed by atoms with E-state index in [1.54, 1.807) is 24.3 Å². The number of rotatable bonds is 4. The molecule has 0 atom stereocenters. The summed E-state index contributed by atoms with van der Waals surface area (Å²) in [7, 11) is 0. The molecular weight excluding hydrogens is 220 g/mol. The van der Waals surface area contributed by atoms with Crippen LogP contribution in [0.1, 0.15) is 0 Å². The Balaban J connectivity index is 2.11. The maximum atomic E-state index is 7.96. The number of H-pyrrole nitrogens is 1. The first-order valence-corrected chi connectivity index (χ1v) is 4.63. The maximum absolute atomic E-state index is 7.96. The quantitative estimate of drug-likeness (QED) is 0.461. The molecule has 1 aromatic carbocycles. The average Bonchev–Trinajstić information content (AvgIpc) is 2.80. The van der Waals surface area contributed by atoms with Crippen LogP contribution in [0.4, 0.5) is 0 Å². The molecular formula is C7H6N4O3S. The molecule has 8 heteroatoms. The second-order valence-corrected chi connectivity index (χ2v) is 3.26. The predicted octanol–water partition coefficient (Wildman–Crippen LogP) is 1.29. The Kier molecular flexibility index (Phi) is 3.25. The maximum Gasteiger partial charge on any atom is 0.204 e. The number of aromatic nitrogens is 4. The molecule has 0 saturated heterocycles. The average molecular weight is 226 g/mol. The highest BCUT2D eigenvalue weighted by molar-refractivity contribution is 7.94. The summed E-state index contributed by atoms with van der Waals surface area (Å²) in [6.45, 7) is 0. The number of tetrazole rings is 1. The van der Waals surface area contributed by atoms with E-state index in [1.165, 1.54) is 0 Å². The van der Waals surface area contributed by atoms with Crippen LogP contribution in [0, 0.1) is 0 Å². The van der Waals surface area contributed by atoms with Crippen molar-refractivity contribution in [1.82, 2.24) is 20.6 Å². The fourth-order valence-corrected chi connectivity index (χ4v) is 1.35. The van der Waals surface area contributed by atoms with Crippen molar-refractivity contribution in [3.05, 3.63) is 24.3 Å². The molecule has 0 fully saturated rings. The van der Waals surface area contributed by atoms with Crippen LogP contribution < -0.4 is 0 Å². The summed E-state index contributed by atoms with van der Waals surface area (Å²) in [5.74, 6) is 0.519. The Morgan fingerprint density at radius 3 is 2.67 bits per heavy atom. The van der Waals surface area contributed by atoms with Gasteiger partial charge in [-0.25, -0.2) is 5.26 Å². The Hall–Kier alpha value is -1.48. The van der Waals surface area contributed by atoms with Crippen molar-refractivity contribution >= 4 is 12.0 Å². The van der Waals surface area contributed by atoms with Gasteiger partial charge >= 0.3 is 0 Å². The SMILES string of the molecule is OOOSc1ccc(-c2nn[nH]n2)cc1. The Labute approximate surface area is 88.5 Å². The van der Waals surface area contributed by atoms with Crippen LogP contribution in [0.2, 0.25) is 0 Å². The van der Waals surface area contributed by atoms with Gasteiger partial charge in [-0.15, -0.1) is 14.5 Å². The lowest BCUT2D eigenvalue weighted by atomic mass is 10.2. The Morgan fingerprint density at radius 2 is 2.07 bits per heavy atom. The van der Waals surface area contributed by atoms with Gasteiger partial charge in [0.2, 0.25) is 5.82 Å². The van der Waals surface area contributed by atoms with Crippen LogP contribution in [0.15, 0.2) is 29.2 Å². The van der Waals surface area contributed by atoms with Crippen LogP contribution in [0.25, 0.3) is 11.4 Å². The first-order valence-electron chi connectivity index (χ1n) is 3.89. The van der Waals surface area contributed by atoms with Crippen LogP contribution in [0.5, 0.6) is 0 Å². The second-order valence-electron chi connectivity index (χ2n) is 2.49. The van der Waals surface area contributed by atoms with Gasteiger partial charge in [0.25, 0.3) is 0 Å². The van der Waals surface area contributed by atoms with Crippen LogP contribution >= 0.6 is 12.0 Å². The van der Waals surface area contributed by atoms with E-state index in [1.807, 2.05) is 0 Å². The molecule has 78 valence electrons. The number of aromatic amines is 1. The molecule has 1 aromatic heterocycles. The number of hydrogen-bond donors (Lipinski definition) is 2. The van der Waals surface area contributed by atoms with E-state index in [-0.39, 0.29) is 0 Å². The number of hydrogen-bond acceptors (Lipinski definition) is 7. The van der Waals surface area contributed by atoms with Crippen molar-refractivity contribution in [3.63, 3.8) is 0 Å². The molecule has 0 radical (unpaired) electrons. The smallest absolute Gasteiger partial charge is 0.204 e. The Morgan fingerprint density at radius 1 is 1.27 bits per heavy atom. The van der Waals surface area contributed by atoms with Gasteiger partial charge in [0.05, 0.1) is 12.0 Å². The van der Waals surface area contributed by atoms with Gasteiger partial charge in [-0.1, -0.05) is 5.04 Å². The van der Waals surface area contributed by atoms with Crippen LogP contribution in [0.3, 0.4) is 0 Å². The third-order valence-corrected chi connectivity index (χ3v) is 2.21. The molecule has 0 amide bonds. The van der Waals surface area contributed by atoms with Crippen molar-refractivity contribution in [3.8, 4) is 11.4 Å². The predicted molar refractivity (Wildman–Crippen MR) is 50.3 cm³/mol. The highest BCUT2D eigenvalue weighted by atomic mass is 32.2. The first kappa shape index (κ1) is 10.1. The Bertz CT molecular complexity index is 405. The highest BCUT2D eigenvalue weighted by Crippen LogP contribution is 2.22. The minimum atomic E-state index is 0.519. The van der Waals surface area contributed by atoms with E-state index in [9.17, 15) is 0 Å². The molecule has 0 aliphatic carbocycles. The molecule has 0 bridgehead atoms. The normalized spacial score (nSPS) is 10.5. The lowest BCUT2D eigenvalue weighted by Crippen LogP contribution is -1.82. The van der Waals surface area contributed by atoms with Crippen molar-refractivity contribution in [2.45, 2.75) is 4.90 Å². The molecule has 0 spiro atoms. The molecule has 7 nitrogen and oxygen atoms in total. The number of nitrogens with one attached hydrogen (secondary N) is 1. The molecule has 0 aliphatic heterocycles. The fraction of sp³-hybridized carbons (Fsp3) is 0. The van der Waals surface area contributed by atoms with Crippen LogP contribution in [-0.4, -0.2) is 25.9 Å². The zero-order chi connectivity index (χ0) is 10.5. The summed E-state index contributed by atoms with van der Waals surface area (Å²) in [5, 5.41) is 24.9. The third kappa shape index (κ3) is 2.50. The molecule has 15 heavy (non-hydrogen) atoms. The van der Waals surface area contributed by atoms with Gasteiger partial charge in [-0.3, -0.25) is 0 Å². The fourth-order valence-electron chi connectivity index (χ4n) is 0.998. The minimum absolute atomic E-state index is 0.519. The van der Waals surface area contributed by atoms with Gasteiger partial charge in [0.15, 0.2) is 0 Å². The largest absolute Gasteiger partial charge is 0.220 e. The topological polar surface area (TPSA) is 93.1 Å². The standard InChI is InChI=1S/C7H6N4O3S/c12-13-14-15-6-3-1-5(2-4-6)7-8-10-11-9-7/h1-4,12H,(H,8,9,10,11). The van der Waals surface area contributed by atoms with E-state index in [2.05, 4.69) is 30.0 Å². The monoisotopic (exact) mass is 226 g/mol. The molecule has 0 unspecified atom stereocenters. The molecule has 2 aromatic rings. The van der Waals surface area contributed by atoms with E-state index in [4.69, 9.17) is 5.26 Å². The van der Waals surface area contributed by atoms with Gasteiger partial charge in [-0.05, 0) is 29.5 Å². The van der Waals surface area contributed by atoms with E-state index in [0.717, 1.165) is 22.5 Å². The van der Waals surface area contributed by atoms with Crippen molar-refractivity contribution in [2.24, 2.45) is 0 Å². The summed E-state index contributed by atoms with van der Waals surface area (Å²) in [4.78, 5) is 0.774. The van der Waals surface area contributed by atoms with Gasteiger partial charge in [0, 0.05) is 10.5 Å².